The highest BCUT2D eigenvalue weighted by Gasteiger charge is 2.42. The van der Waals surface area contributed by atoms with Crippen LogP contribution in [0.2, 0.25) is 0 Å². The number of ether oxygens (including phenoxy) is 1. The van der Waals surface area contributed by atoms with Crippen LogP contribution in [0.1, 0.15) is 31.7 Å². The Labute approximate surface area is 173 Å². The Morgan fingerprint density at radius 2 is 1.60 bits per heavy atom. The Kier molecular flexibility index (Phi) is 5.53. The lowest BCUT2D eigenvalue weighted by Gasteiger charge is -2.29. The zero-order valence-corrected chi connectivity index (χ0v) is 16.7. The SMILES string of the molecule is CCOc1ccc(C2=C(N3CCCCC3)C(=O)N(c3ccc(F)c(F)c3)C2=O)cc1. The zero-order chi connectivity index (χ0) is 21.3. The van der Waals surface area contributed by atoms with E-state index in [1.54, 1.807) is 24.3 Å². The smallest absolute Gasteiger partial charge is 0.282 e. The molecular weight excluding hydrogens is 390 g/mol. The number of carbonyl (C=O) groups is 2. The number of nitrogens with zero attached hydrogens (tertiary/aromatic N) is 2. The molecule has 0 unspecified atom stereocenters. The molecule has 4 rings (SSSR count). The van der Waals surface area contributed by atoms with E-state index in [1.807, 2.05) is 11.8 Å². The van der Waals surface area contributed by atoms with E-state index >= 15 is 0 Å². The first-order valence-electron chi connectivity index (χ1n) is 10.1. The van der Waals surface area contributed by atoms with Crippen LogP contribution in [0.5, 0.6) is 5.75 Å². The lowest BCUT2D eigenvalue weighted by molar-refractivity contribution is -0.120. The molecular formula is C23H22F2N2O3. The number of likely N-dealkylation sites (tertiary alicyclic amines) is 1. The van der Waals surface area contributed by atoms with Gasteiger partial charge in [-0.05, 0) is 56.0 Å². The molecule has 30 heavy (non-hydrogen) atoms. The van der Waals surface area contributed by atoms with Crippen LogP contribution in [0, 0.1) is 11.6 Å². The summed E-state index contributed by atoms with van der Waals surface area (Å²) in [6.45, 7) is 3.73. The Bertz CT molecular complexity index is 1010. The summed E-state index contributed by atoms with van der Waals surface area (Å²) in [6.07, 6.45) is 2.91. The first kappa shape index (κ1) is 20.1. The second kappa shape index (κ2) is 8.26. The van der Waals surface area contributed by atoms with E-state index in [0.717, 1.165) is 36.3 Å². The van der Waals surface area contributed by atoms with Gasteiger partial charge in [-0.1, -0.05) is 12.1 Å². The quantitative estimate of drug-likeness (QED) is 0.693. The van der Waals surface area contributed by atoms with Gasteiger partial charge in [-0.3, -0.25) is 9.59 Å². The number of carbonyl (C=O) groups excluding carboxylic acids is 2. The van der Waals surface area contributed by atoms with E-state index in [4.69, 9.17) is 4.74 Å². The molecule has 2 amide bonds. The number of benzene rings is 2. The highest BCUT2D eigenvalue weighted by atomic mass is 19.2. The molecule has 156 valence electrons. The summed E-state index contributed by atoms with van der Waals surface area (Å²) in [5.41, 5.74) is 1.19. The van der Waals surface area contributed by atoms with Crippen LogP contribution in [0.4, 0.5) is 14.5 Å². The number of piperidine rings is 1. The van der Waals surface area contributed by atoms with Crippen molar-refractivity contribution >= 4 is 23.1 Å². The molecule has 0 radical (unpaired) electrons. The third-order valence-corrected chi connectivity index (χ3v) is 5.35. The molecule has 2 aromatic rings. The number of hydrogen-bond donors (Lipinski definition) is 0. The second-order valence-corrected chi connectivity index (χ2v) is 7.27. The highest BCUT2D eigenvalue weighted by Crippen LogP contribution is 2.36. The van der Waals surface area contributed by atoms with Crippen molar-refractivity contribution < 1.29 is 23.1 Å². The standard InChI is InChI=1S/C23H22F2N2O3/c1-2-30-17-9-6-15(7-10-17)20-21(26-12-4-3-5-13-26)23(29)27(22(20)28)16-8-11-18(24)19(25)14-16/h6-11,14H,2-5,12-13H2,1H3. The van der Waals surface area contributed by atoms with Crippen molar-refractivity contribution in [3.05, 3.63) is 65.4 Å². The van der Waals surface area contributed by atoms with Crippen LogP contribution in [0.15, 0.2) is 48.2 Å². The molecule has 0 saturated carbocycles. The Morgan fingerprint density at radius 3 is 2.23 bits per heavy atom. The van der Waals surface area contributed by atoms with Crippen molar-refractivity contribution in [3.63, 3.8) is 0 Å². The van der Waals surface area contributed by atoms with E-state index in [-0.39, 0.29) is 11.3 Å². The van der Waals surface area contributed by atoms with Gasteiger partial charge in [-0.15, -0.1) is 0 Å². The third-order valence-electron chi connectivity index (χ3n) is 5.35. The zero-order valence-electron chi connectivity index (χ0n) is 16.7. The molecule has 0 aliphatic carbocycles. The molecule has 2 heterocycles. The van der Waals surface area contributed by atoms with E-state index in [2.05, 4.69) is 0 Å². The minimum absolute atomic E-state index is 0.0133. The van der Waals surface area contributed by atoms with E-state index < -0.39 is 23.4 Å². The summed E-state index contributed by atoms with van der Waals surface area (Å²) < 4.78 is 32.7. The van der Waals surface area contributed by atoms with E-state index in [1.165, 1.54) is 6.07 Å². The van der Waals surface area contributed by atoms with Crippen LogP contribution < -0.4 is 9.64 Å². The van der Waals surface area contributed by atoms with Crippen molar-refractivity contribution in [2.45, 2.75) is 26.2 Å². The molecule has 1 saturated heterocycles. The number of rotatable bonds is 5. The maximum absolute atomic E-state index is 13.8. The van der Waals surface area contributed by atoms with Gasteiger partial charge in [0.2, 0.25) is 0 Å². The average Bonchev–Trinajstić information content (AvgIpc) is 3.02. The Balaban J connectivity index is 1.79. The topological polar surface area (TPSA) is 49.9 Å². The molecule has 1 fully saturated rings. The maximum Gasteiger partial charge on any atom is 0.282 e. The second-order valence-electron chi connectivity index (χ2n) is 7.27. The molecule has 2 aromatic carbocycles. The Hall–Kier alpha value is -3.22. The predicted octanol–water partition coefficient (Wildman–Crippen LogP) is 4.13. The van der Waals surface area contributed by atoms with Gasteiger partial charge in [0.05, 0.1) is 17.9 Å². The molecule has 0 spiro atoms. The molecule has 0 atom stereocenters. The van der Waals surface area contributed by atoms with Crippen LogP contribution in [0.3, 0.4) is 0 Å². The molecule has 0 aromatic heterocycles. The number of hydrogen-bond acceptors (Lipinski definition) is 4. The minimum atomic E-state index is -1.11. The summed E-state index contributed by atoms with van der Waals surface area (Å²) in [6, 6.07) is 10.0. The van der Waals surface area contributed by atoms with Crippen molar-refractivity contribution in [3.8, 4) is 5.75 Å². The van der Waals surface area contributed by atoms with Crippen LogP contribution >= 0.6 is 0 Å². The largest absolute Gasteiger partial charge is 0.494 e. The number of anilines is 1. The summed E-state index contributed by atoms with van der Waals surface area (Å²) in [5, 5.41) is 0. The fourth-order valence-electron chi connectivity index (χ4n) is 3.93. The van der Waals surface area contributed by atoms with Gasteiger partial charge in [0, 0.05) is 19.2 Å². The summed E-state index contributed by atoms with van der Waals surface area (Å²) in [5.74, 6) is -2.54. The van der Waals surface area contributed by atoms with Crippen molar-refractivity contribution in [1.82, 2.24) is 4.90 Å². The molecule has 7 heteroatoms. The van der Waals surface area contributed by atoms with Gasteiger partial charge in [0.25, 0.3) is 11.8 Å². The van der Waals surface area contributed by atoms with Crippen LogP contribution in [-0.4, -0.2) is 36.4 Å². The van der Waals surface area contributed by atoms with Crippen molar-refractivity contribution in [2.24, 2.45) is 0 Å². The lowest BCUT2D eigenvalue weighted by atomic mass is 10.0. The molecule has 0 N–H and O–H groups in total. The van der Waals surface area contributed by atoms with Gasteiger partial charge in [-0.2, -0.15) is 0 Å². The number of halogens is 2. The molecule has 5 nitrogen and oxygen atoms in total. The predicted molar refractivity (Wildman–Crippen MR) is 109 cm³/mol. The average molecular weight is 412 g/mol. The highest BCUT2D eigenvalue weighted by molar-refractivity contribution is 6.45. The van der Waals surface area contributed by atoms with Gasteiger partial charge < -0.3 is 9.64 Å². The molecule has 2 aliphatic heterocycles. The maximum atomic E-state index is 13.8. The summed E-state index contributed by atoms with van der Waals surface area (Å²) >= 11 is 0. The van der Waals surface area contributed by atoms with Gasteiger partial charge in [0.1, 0.15) is 11.4 Å². The van der Waals surface area contributed by atoms with E-state index in [9.17, 15) is 18.4 Å². The first-order chi connectivity index (χ1) is 14.5. The van der Waals surface area contributed by atoms with Crippen molar-refractivity contribution in [2.75, 3.05) is 24.6 Å². The lowest BCUT2D eigenvalue weighted by Crippen LogP contribution is -2.37. The monoisotopic (exact) mass is 412 g/mol. The van der Waals surface area contributed by atoms with Gasteiger partial charge >= 0.3 is 0 Å². The van der Waals surface area contributed by atoms with E-state index in [0.29, 0.717) is 36.7 Å². The van der Waals surface area contributed by atoms with Gasteiger partial charge in [0.15, 0.2) is 11.6 Å². The fourth-order valence-corrected chi connectivity index (χ4v) is 3.93. The third kappa shape index (κ3) is 3.56. The fraction of sp³-hybridized carbons (Fsp3) is 0.304. The Morgan fingerprint density at radius 1 is 0.900 bits per heavy atom. The van der Waals surface area contributed by atoms with Crippen molar-refractivity contribution in [1.29, 1.82) is 0 Å². The molecule has 2 aliphatic rings. The van der Waals surface area contributed by atoms with Crippen LogP contribution in [0.25, 0.3) is 5.57 Å². The van der Waals surface area contributed by atoms with Gasteiger partial charge in [-0.25, -0.2) is 13.7 Å². The van der Waals surface area contributed by atoms with Crippen LogP contribution in [-0.2, 0) is 9.59 Å². The number of amides is 2. The normalized spacial score (nSPS) is 17.2. The molecule has 0 bridgehead atoms. The summed E-state index contributed by atoms with van der Waals surface area (Å²) in [4.78, 5) is 29.5. The summed E-state index contributed by atoms with van der Waals surface area (Å²) in [7, 11) is 0. The number of imide groups is 1. The minimum Gasteiger partial charge on any atom is -0.494 e. The first-order valence-corrected chi connectivity index (χ1v) is 10.1.